The lowest BCUT2D eigenvalue weighted by atomic mass is 10.00. The zero-order valence-electron chi connectivity index (χ0n) is 21.5. The number of hydrogen-bond donors (Lipinski definition) is 3. The topological polar surface area (TPSA) is 79.8 Å². The van der Waals surface area contributed by atoms with Crippen LogP contribution in [0, 0.1) is 0 Å². The van der Waals surface area contributed by atoms with Crippen LogP contribution in [0.1, 0.15) is 61.9 Å². The van der Waals surface area contributed by atoms with Gasteiger partial charge in [-0.3, -0.25) is 4.79 Å². The quantitative estimate of drug-likeness (QED) is 0.311. The van der Waals surface area contributed by atoms with Crippen molar-refractivity contribution in [2.45, 2.75) is 69.9 Å². The Morgan fingerprint density at radius 2 is 1.92 bits per heavy atom. The lowest BCUT2D eigenvalue weighted by molar-refractivity contribution is -0.122. The third-order valence-corrected chi connectivity index (χ3v) is 6.28. The van der Waals surface area contributed by atoms with E-state index >= 15 is 0 Å². The van der Waals surface area contributed by atoms with Crippen LogP contribution in [-0.2, 0) is 16.0 Å². The highest BCUT2D eigenvalue weighted by atomic mass is 16.5. The third-order valence-electron chi connectivity index (χ3n) is 6.28. The van der Waals surface area contributed by atoms with E-state index in [1.54, 1.807) is 12.2 Å². The Morgan fingerprint density at radius 3 is 2.61 bits per heavy atom. The van der Waals surface area contributed by atoms with Crippen LogP contribution in [0.5, 0.6) is 5.75 Å². The molecule has 1 aliphatic rings. The normalized spacial score (nSPS) is 18.3. The third kappa shape index (κ3) is 8.05. The van der Waals surface area contributed by atoms with Gasteiger partial charge in [-0.05, 0) is 61.9 Å². The average molecular weight is 493 g/mol. The molecule has 4 atom stereocenters. The highest BCUT2D eigenvalue weighted by Crippen LogP contribution is 2.42. The number of aliphatic hydroxyl groups is 1. The molecule has 0 saturated heterocycles. The lowest BCUT2D eigenvalue weighted by Gasteiger charge is -2.26. The van der Waals surface area contributed by atoms with Gasteiger partial charge in [0.15, 0.2) is 0 Å². The summed E-state index contributed by atoms with van der Waals surface area (Å²) in [6.45, 7) is 12.3. The smallest absolute Gasteiger partial charge is 0.220 e. The molecule has 3 rings (SSSR count). The van der Waals surface area contributed by atoms with Gasteiger partial charge in [0.05, 0.1) is 31.0 Å². The van der Waals surface area contributed by atoms with E-state index in [4.69, 9.17) is 9.47 Å². The zero-order chi connectivity index (χ0) is 25.9. The summed E-state index contributed by atoms with van der Waals surface area (Å²) < 4.78 is 11.9. The Labute approximate surface area is 215 Å². The maximum atomic E-state index is 12.5. The number of carbonyl (C=O) groups is 1. The molecule has 0 aromatic heterocycles. The predicted molar refractivity (Wildman–Crippen MR) is 144 cm³/mol. The van der Waals surface area contributed by atoms with E-state index in [9.17, 15) is 9.90 Å². The first kappa shape index (κ1) is 27.7. The van der Waals surface area contributed by atoms with Crippen molar-refractivity contribution >= 4 is 5.91 Å². The molecule has 36 heavy (non-hydrogen) atoms. The number of allylic oxidation sites excluding steroid dienone is 1. The van der Waals surface area contributed by atoms with Crippen LogP contribution >= 0.6 is 0 Å². The number of fused-ring (bicyclic) bond motifs is 1. The van der Waals surface area contributed by atoms with E-state index in [2.05, 4.69) is 35.9 Å². The predicted octanol–water partition coefficient (Wildman–Crippen LogP) is 4.81. The Morgan fingerprint density at radius 1 is 1.14 bits per heavy atom. The summed E-state index contributed by atoms with van der Waals surface area (Å²) in [4.78, 5) is 12.5. The summed E-state index contributed by atoms with van der Waals surface area (Å²) in [5.74, 6) is 0.728. The molecule has 6 nitrogen and oxygen atoms in total. The highest BCUT2D eigenvalue weighted by Gasteiger charge is 2.33. The highest BCUT2D eigenvalue weighted by molar-refractivity contribution is 5.76. The molecule has 0 radical (unpaired) electrons. The fraction of sp³-hybridized carbons (Fsp3) is 0.433. The summed E-state index contributed by atoms with van der Waals surface area (Å²) in [6.07, 6.45) is 4.97. The number of nitrogens with one attached hydrogen (secondary N) is 2. The van der Waals surface area contributed by atoms with Gasteiger partial charge in [0, 0.05) is 19.0 Å². The van der Waals surface area contributed by atoms with Crippen molar-refractivity contribution in [3.05, 3.63) is 90.5 Å². The molecule has 3 N–H and O–H groups in total. The van der Waals surface area contributed by atoms with Gasteiger partial charge >= 0.3 is 0 Å². The molecule has 2 aromatic carbocycles. The minimum absolute atomic E-state index is 0.00554. The van der Waals surface area contributed by atoms with Gasteiger partial charge in [0.25, 0.3) is 0 Å². The molecule has 0 heterocycles. The van der Waals surface area contributed by atoms with Crippen LogP contribution in [0.25, 0.3) is 0 Å². The summed E-state index contributed by atoms with van der Waals surface area (Å²) >= 11 is 0. The van der Waals surface area contributed by atoms with Gasteiger partial charge in [-0.15, -0.1) is 13.2 Å². The number of aliphatic hydroxyl groups excluding tert-OH is 1. The van der Waals surface area contributed by atoms with Crippen molar-refractivity contribution in [3.63, 3.8) is 0 Å². The second-order valence-corrected chi connectivity index (χ2v) is 9.52. The number of benzene rings is 2. The van der Waals surface area contributed by atoms with Crippen molar-refractivity contribution in [1.82, 2.24) is 10.6 Å². The van der Waals surface area contributed by atoms with Gasteiger partial charge in [-0.2, -0.15) is 0 Å². The van der Waals surface area contributed by atoms with E-state index in [0.29, 0.717) is 32.4 Å². The molecule has 0 fully saturated rings. The Hall–Kier alpha value is -2.93. The number of ether oxygens (including phenoxy) is 2. The van der Waals surface area contributed by atoms with E-state index in [1.807, 2.05) is 50.2 Å². The van der Waals surface area contributed by atoms with Gasteiger partial charge in [0.2, 0.25) is 5.91 Å². The maximum absolute atomic E-state index is 12.5. The van der Waals surface area contributed by atoms with Crippen LogP contribution in [0.15, 0.2) is 73.8 Å². The largest absolute Gasteiger partial charge is 0.491 e. The molecule has 0 spiro atoms. The summed E-state index contributed by atoms with van der Waals surface area (Å²) in [5.41, 5.74) is 3.30. The number of rotatable bonds is 15. The number of hydrogen-bond acceptors (Lipinski definition) is 5. The van der Waals surface area contributed by atoms with Crippen LogP contribution in [-0.4, -0.2) is 42.4 Å². The standard InChI is InChI=1S/C30H40N2O4/c1-5-7-13-30(34)32-27(17-22-11-9-8-10-12-22)28(33)20-31-26-19-29(35-16-6-2)24-15-14-23(18-25(24)26)36-21(3)4/h5-6,8-12,14-15,18,21,26-29,31,33H,1-2,7,13,16-17,19-20H2,3-4H3,(H,32,34)/t26-,27-,28-,29+/m0/s1. The second kappa shape index (κ2) is 14.0. The van der Waals surface area contributed by atoms with Crippen molar-refractivity contribution in [2.24, 2.45) is 0 Å². The SMILES string of the molecule is C=CCCC(=O)N[C@@H](Cc1ccccc1)[C@@H](O)CN[C@H]1C[C@@H](OCC=C)c2ccc(OC(C)C)cc21. The van der Waals surface area contributed by atoms with Crippen molar-refractivity contribution in [1.29, 1.82) is 0 Å². The molecule has 1 aliphatic carbocycles. The van der Waals surface area contributed by atoms with Crippen molar-refractivity contribution in [3.8, 4) is 5.75 Å². The minimum Gasteiger partial charge on any atom is -0.491 e. The summed E-state index contributed by atoms with van der Waals surface area (Å²) in [5, 5.41) is 17.7. The molecular weight excluding hydrogens is 452 g/mol. The van der Waals surface area contributed by atoms with E-state index < -0.39 is 12.1 Å². The number of amides is 1. The van der Waals surface area contributed by atoms with E-state index in [1.165, 1.54) is 0 Å². The van der Waals surface area contributed by atoms with Gasteiger partial charge in [0.1, 0.15) is 5.75 Å². The molecular formula is C30H40N2O4. The molecule has 2 aromatic rings. The number of carbonyl (C=O) groups excluding carboxylic acids is 1. The molecule has 0 aliphatic heterocycles. The van der Waals surface area contributed by atoms with Gasteiger partial charge in [-0.25, -0.2) is 0 Å². The first-order valence-corrected chi connectivity index (χ1v) is 12.8. The summed E-state index contributed by atoms with van der Waals surface area (Å²) in [7, 11) is 0. The van der Waals surface area contributed by atoms with Crippen LogP contribution in [0.2, 0.25) is 0 Å². The van der Waals surface area contributed by atoms with E-state index in [0.717, 1.165) is 28.9 Å². The van der Waals surface area contributed by atoms with Crippen LogP contribution in [0.4, 0.5) is 0 Å². The molecule has 0 bridgehead atoms. The maximum Gasteiger partial charge on any atom is 0.220 e. The Bertz CT molecular complexity index is 992. The zero-order valence-corrected chi connectivity index (χ0v) is 21.5. The minimum atomic E-state index is -0.774. The fourth-order valence-corrected chi connectivity index (χ4v) is 4.57. The van der Waals surface area contributed by atoms with Crippen LogP contribution in [0.3, 0.4) is 0 Å². The average Bonchev–Trinajstić information content (AvgIpc) is 3.21. The summed E-state index contributed by atoms with van der Waals surface area (Å²) in [6, 6.07) is 15.6. The van der Waals surface area contributed by atoms with Crippen molar-refractivity contribution < 1.29 is 19.4 Å². The second-order valence-electron chi connectivity index (χ2n) is 9.52. The first-order chi connectivity index (χ1) is 17.4. The first-order valence-electron chi connectivity index (χ1n) is 12.8. The Balaban J connectivity index is 1.72. The molecule has 1 amide bonds. The van der Waals surface area contributed by atoms with Crippen LogP contribution < -0.4 is 15.4 Å². The van der Waals surface area contributed by atoms with E-state index in [-0.39, 0.29) is 24.2 Å². The molecule has 0 saturated carbocycles. The lowest BCUT2D eigenvalue weighted by Crippen LogP contribution is -2.49. The molecule has 0 unspecified atom stereocenters. The fourth-order valence-electron chi connectivity index (χ4n) is 4.57. The van der Waals surface area contributed by atoms with Gasteiger partial charge in [-0.1, -0.05) is 48.6 Å². The monoisotopic (exact) mass is 492 g/mol. The van der Waals surface area contributed by atoms with Crippen molar-refractivity contribution in [2.75, 3.05) is 13.2 Å². The molecule has 6 heteroatoms. The van der Waals surface area contributed by atoms with Gasteiger partial charge < -0.3 is 25.2 Å². The molecule has 194 valence electrons. The Kier molecular flexibility index (Phi) is 10.7.